The number of aromatic nitrogens is 3. The molecule has 2 atom stereocenters. The van der Waals surface area contributed by atoms with Crippen LogP contribution in [-0.4, -0.2) is 38.1 Å². The molecule has 1 aromatic carbocycles. The third-order valence-electron chi connectivity index (χ3n) is 4.36. The van der Waals surface area contributed by atoms with Gasteiger partial charge < -0.3 is 25.0 Å². The van der Waals surface area contributed by atoms with Crippen LogP contribution in [0, 0.1) is 11.8 Å². The minimum Gasteiger partial charge on any atom is -0.396 e. The Labute approximate surface area is 163 Å². The first-order valence-corrected chi connectivity index (χ1v) is 9.21. The van der Waals surface area contributed by atoms with Crippen molar-refractivity contribution >= 4 is 0 Å². The molecule has 0 amide bonds. The van der Waals surface area contributed by atoms with E-state index < -0.39 is 6.10 Å². The molecule has 0 spiro atoms. The summed E-state index contributed by atoms with van der Waals surface area (Å²) in [6.07, 6.45) is 4.06. The van der Waals surface area contributed by atoms with Crippen molar-refractivity contribution in [1.82, 2.24) is 14.7 Å². The van der Waals surface area contributed by atoms with Gasteiger partial charge in [0.1, 0.15) is 17.6 Å². The number of imidazole rings is 1. The number of benzene rings is 1. The van der Waals surface area contributed by atoms with E-state index in [1.54, 1.807) is 19.3 Å². The Morgan fingerprint density at radius 3 is 2.75 bits per heavy atom. The minimum absolute atomic E-state index is 0.156. The molecule has 2 aromatic heterocycles. The molecular weight excluding hydrogens is 356 g/mol. The van der Waals surface area contributed by atoms with Gasteiger partial charge in [-0.1, -0.05) is 17.0 Å². The van der Waals surface area contributed by atoms with E-state index in [1.165, 1.54) is 0 Å². The maximum absolute atomic E-state index is 9.89. The zero-order chi connectivity index (χ0) is 19.9. The van der Waals surface area contributed by atoms with E-state index in [0.29, 0.717) is 36.7 Å². The topological polar surface area (TPSA) is 110 Å². The lowest BCUT2D eigenvalue weighted by Crippen LogP contribution is -2.22. The van der Waals surface area contributed by atoms with Crippen LogP contribution in [0.2, 0.25) is 0 Å². The molecule has 0 bridgehead atoms. The first kappa shape index (κ1) is 19.8. The molecule has 2 heterocycles. The standard InChI is InChI=1S/C21H24N4O3/c1-15(27)21-23-10-11-25(21)19(14-22)18-13-20(28-24-18)17-8-6-16(7-9-17)5-3-2-4-12-26/h6-11,13,15,19,26-27H,2,4,12,14,22H2,1H3/t15-,19+/m0/s1. The Bertz CT molecular complexity index is 948. The second-order valence-electron chi connectivity index (χ2n) is 6.44. The number of hydrogen-bond donors (Lipinski definition) is 3. The number of rotatable bonds is 7. The Balaban J connectivity index is 1.79. The number of nitrogens with zero attached hydrogens (tertiary/aromatic N) is 3. The summed E-state index contributed by atoms with van der Waals surface area (Å²) >= 11 is 0. The first-order chi connectivity index (χ1) is 13.6. The normalized spacial score (nSPS) is 13.0. The SMILES string of the molecule is C[C@H](O)c1nccn1[C@H](CN)c1cc(-c2ccc(C#CCCCO)cc2)on1. The van der Waals surface area contributed by atoms with Gasteiger partial charge >= 0.3 is 0 Å². The van der Waals surface area contributed by atoms with E-state index >= 15 is 0 Å². The predicted octanol–water partition coefficient (Wildman–Crippen LogP) is 2.26. The molecule has 0 aliphatic rings. The van der Waals surface area contributed by atoms with Gasteiger partial charge in [0.15, 0.2) is 5.76 Å². The molecule has 0 saturated heterocycles. The van der Waals surface area contributed by atoms with Crippen LogP contribution in [0.15, 0.2) is 47.2 Å². The predicted molar refractivity (Wildman–Crippen MR) is 105 cm³/mol. The zero-order valence-corrected chi connectivity index (χ0v) is 15.7. The van der Waals surface area contributed by atoms with Crippen LogP contribution in [0.25, 0.3) is 11.3 Å². The fraction of sp³-hybridized carbons (Fsp3) is 0.333. The Morgan fingerprint density at radius 2 is 2.07 bits per heavy atom. The fourth-order valence-corrected chi connectivity index (χ4v) is 2.92. The smallest absolute Gasteiger partial charge is 0.167 e. The van der Waals surface area contributed by atoms with E-state index in [0.717, 1.165) is 11.1 Å². The molecule has 3 aromatic rings. The highest BCUT2D eigenvalue weighted by molar-refractivity contribution is 5.59. The van der Waals surface area contributed by atoms with Crippen LogP contribution in [0.4, 0.5) is 0 Å². The van der Waals surface area contributed by atoms with E-state index in [-0.39, 0.29) is 12.6 Å². The number of hydrogen-bond acceptors (Lipinski definition) is 6. The van der Waals surface area contributed by atoms with Gasteiger partial charge in [-0.2, -0.15) is 0 Å². The molecule has 0 unspecified atom stereocenters. The minimum atomic E-state index is -0.707. The van der Waals surface area contributed by atoms with Crippen molar-refractivity contribution in [3.8, 4) is 23.2 Å². The molecule has 7 heteroatoms. The molecule has 0 aliphatic heterocycles. The van der Waals surface area contributed by atoms with Crippen LogP contribution < -0.4 is 5.73 Å². The summed E-state index contributed by atoms with van der Waals surface area (Å²) in [6, 6.07) is 9.27. The zero-order valence-electron chi connectivity index (χ0n) is 15.7. The van der Waals surface area contributed by atoms with Gasteiger partial charge in [0.2, 0.25) is 0 Å². The van der Waals surface area contributed by atoms with Gasteiger partial charge in [0.25, 0.3) is 0 Å². The summed E-state index contributed by atoms with van der Waals surface area (Å²) in [6.45, 7) is 2.11. The molecule has 0 fully saturated rings. The Kier molecular flexibility index (Phi) is 6.61. The van der Waals surface area contributed by atoms with Crippen molar-refractivity contribution in [2.75, 3.05) is 13.2 Å². The maximum atomic E-state index is 9.89. The van der Waals surface area contributed by atoms with Crippen molar-refractivity contribution in [2.45, 2.75) is 31.9 Å². The quantitative estimate of drug-likeness (QED) is 0.428. The lowest BCUT2D eigenvalue weighted by molar-refractivity contribution is 0.182. The summed E-state index contributed by atoms with van der Waals surface area (Å²) in [7, 11) is 0. The largest absolute Gasteiger partial charge is 0.396 e. The van der Waals surface area contributed by atoms with Crippen LogP contribution >= 0.6 is 0 Å². The van der Waals surface area contributed by atoms with Gasteiger partial charge in [0.05, 0.1) is 6.04 Å². The molecule has 0 aliphatic carbocycles. The molecule has 0 radical (unpaired) electrons. The summed E-state index contributed by atoms with van der Waals surface area (Å²) in [5, 5.41) is 22.8. The van der Waals surface area contributed by atoms with Crippen LogP contribution in [-0.2, 0) is 0 Å². The van der Waals surface area contributed by atoms with E-state index in [9.17, 15) is 5.11 Å². The lowest BCUT2D eigenvalue weighted by atomic mass is 10.1. The van der Waals surface area contributed by atoms with Gasteiger partial charge in [-0.25, -0.2) is 4.98 Å². The molecule has 7 nitrogen and oxygen atoms in total. The van der Waals surface area contributed by atoms with Gasteiger partial charge in [-0.15, -0.1) is 0 Å². The van der Waals surface area contributed by atoms with Crippen LogP contribution in [0.1, 0.15) is 49.0 Å². The number of aliphatic hydroxyl groups excluding tert-OH is 2. The summed E-state index contributed by atoms with van der Waals surface area (Å²) in [5.74, 6) is 7.26. The highest BCUT2D eigenvalue weighted by Gasteiger charge is 2.21. The first-order valence-electron chi connectivity index (χ1n) is 9.21. The monoisotopic (exact) mass is 380 g/mol. The summed E-state index contributed by atoms with van der Waals surface area (Å²) < 4.78 is 7.34. The average Bonchev–Trinajstić information content (AvgIpc) is 3.37. The highest BCUT2D eigenvalue weighted by Crippen LogP contribution is 2.26. The third kappa shape index (κ3) is 4.49. The second-order valence-corrected chi connectivity index (χ2v) is 6.44. The van der Waals surface area contributed by atoms with E-state index in [2.05, 4.69) is 22.0 Å². The van der Waals surface area contributed by atoms with Gasteiger partial charge in [-0.05, 0) is 37.6 Å². The number of nitrogens with two attached hydrogens (primary N) is 1. The van der Waals surface area contributed by atoms with Crippen molar-refractivity contribution in [1.29, 1.82) is 0 Å². The Morgan fingerprint density at radius 1 is 1.29 bits per heavy atom. The van der Waals surface area contributed by atoms with Crippen LogP contribution in [0.5, 0.6) is 0 Å². The van der Waals surface area contributed by atoms with Crippen molar-refractivity contribution < 1.29 is 14.7 Å². The molecule has 146 valence electrons. The van der Waals surface area contributed by atoms with Crippen molar-refractivity contribution in [3.63, 3.8) is 0 Å². The van der Waals surface area contributed by atoms with Crippen LogP contribution in [0.3, 0.4) is 0 Å². The van der Waals surface area contributed by atoms with E-state index in [4.69, 9.17) is 15.4 Å². The summed E-state index contributed by atoms with van der Waals surface area (Å²) in [4.78, 5) is 4.19. The van der Waals surface area contributed by atoms with Crippen molar-refractivity contribution in [3.05, 3.63) is 59.8 Å². The molecule has 0 saturated carbocycles. The van der Waals surface area contributed by atoms with Gasteiger partial charge in [-0.3, -0.25) is 0 Å². The molecule has 3 rings (SSSR count). The number of aliphatic hydroxyl groups is 2. The van der Waals surface area contributed by atoms with Crippen molar-refractivity contribution in [2.24, 2.45) is 5.73 Å². The fourth-order valence-electron chi connectivity index (χ4n) is 2.92. The molecular formula is C21H24N4O3. The highest BCUT2D eigenvalue weighted by atomic mass is 16.5. The summed E-state index contributed by atoms with van der Waals surface area (Å²) in [5.41, 5.74) is 8.42. The third-order valence-corrected chi connectivity index (χ3v) is 4.36. The second kappa shape index (κ2) is 9.33. The maximum Gasteiger partial charge on any atom is 0.167 e. The average molecular weight is 380 g/mol. The molecule has 4 N–H and O–H groups in total. The van der Waals surface area contributed by atoms with E-state index in [1.807, 2.05) is 34.9 Å². The lowest BCUT2D eigenvalue weighted by Gasteiger charge is -2.17. The number of unbranched alkanes of at least 4 members (excludes halogenated alkanes) is 1. The Hall–Kier alpha value is -2.92. The molecule has 28 heavy (non-hydrogen) atoms. The van der Waals surface area contributed by atoms with Gasteiger partial charge in [0, 0.05) is 49.2 Å².